The summed E-state index contributed by atoms with van der Waals surface area (Å²) in [5.74, 6) is 0. The van der Waals surface area contributed by atoms with Crippen LogP contribution in [0.4, 0.5) is 19.2 Å². The number of hydrogen-bond acceptors (Lipinski definition) is 8. The van der Waals surface area contributed by atoms with Gasteiger partial charge in [-0.1, -0.05) is 30.3 Å². The van der Waals surface area contributed by atoms with Crippen molar-refractivity contribution in [2.24, 2.45) is 5.73 Å². The average Bonchev–Trinajstić information content (AvgIpc) is 2.77. The van der Waals surface area contributed by atoms with Crippen LogP contribution in [-0.2, 0) is 25.4 Å². The molecule has 1 rings (SSSR count). The van der Waals surface area contributed by atoms with Gasteiger partial charge in [-0.05, 0) is 74.3 Å². The van der Waals surface area contributed by atoms with Crippen LogP contribution in [-0.4, -0.2) is 77.9 Å². The third kappa shape index (κ3) is 16.2. The first-order valence-electron chi connectivity index (χ1n) is 13.7. The predicted molar refractivity (Wildman–Crippen MR) is 154 cm³/mol. The number of nitrogens with one attached hydrogen (secondary N) is 2. The zero-order chi connectivity index (χ0) is 31.4. The Morgan fingerprint density at radius 2 is 1.22 bits per heavy atom. The van der Waals surface area contributed by atoms with Crippen molar-refractivity contribution in [2.75, 3.05) is 19.7 Å². The molecule has 0 aliphatic rings. The molecular weight excluding hydrogens is 532 g/mol. The normalized spacial score (nSPS) is 12.6. The van der Waals surface area contributed by atoms with E-state index in [1.165, 1.54) is 4.90 Å². The molecule has 0 spiro atoms. The minimum Gasteiger partial charge on any atom is -0.450 e. The summed E-state index contributed by atoms with van der Waals surface area (Å²) in [6, 6.07) is 8.03. The van der Waals surface area contributed by atoms with Crippen molar-refractivity contribution < 1.29 is 38.1 Å². The van der Waals surface area contributed by atoms with Crippen LogP contribution in [0, 0.1) is 0 Å². The Bertz CT molecular complexity index is 965. The van der Waals surface area contributed by atoms with E-state index in [-0.39, 0.29) is 26.1 Å². The number of nitrogens with zero attached hydrogens (tertiary/aromatic N) is 1. The molecule has 0 fully saturated rings. The van der Waals surface area contributed by atoms with Gasteiger partial charge in [0.05, 0.1) is 12.6 Å². The van der Waals surface area contributed by atoms with Gasteiger partial charge >= 0.3 is 24.4 Å². The molecule has 0 saturated carbocycles. The molecule has 0 aliphatic carbocycles. The van der Waals surface area contributed by atoms with Crippen LogP contribution in [0.1, 0.15) is 74.3 Å². The minimum atomic E-state index is -0.943. The smallest absolute Gasteiger partial charge is 0.410 e. The minimum absolute atomic E-state index is 0.0716. The highest BCUT2D eigenvalue weighted by Crippen LogP contribution is 2.21. The van der Waals surface area contributed by atoms with Gasteiger partial charge in [-0.25, -0.2) is 19.2 Å². The highest BCUT2D eigenvalue weighted by Gasteiger charge is 2.35. The third-order valence-electron chi connectivity index (χ3n) is 5.16. The molecule has 1 atom stereocenters. The lowest BCUT2D eigenvalue weighted by Crippen LogP contribution is -2.58. The lowest BCUT2D eigenvalue weighted by Gasteiger charge is -2.39. The summed E-state index contributed by atoms with van der Waals surface area (Å²) in [7, 11) is 0. The fourth-order valence-corrected chi connectivity index (χ4v) is 3.73. The molecule has 0 heterocycles. The van der Waals surface area contributed by atoms with Crippen molar-refractivity contribution in [2.45, 2.75) is 104 Å². The molecule has 0 bridgehead atoms. The van der Waals surface area contributed by atoms with Gasteiger partial charge in [0.15, 0.2) is 0 Å². The van der Waals surface area contributed by atoms with Crippen LogP contribution < -0.4 is 16.4 Å². The molecule has 1 unspecified atom stereocenters. The second kappa shape index (κ2) is 15.3. The average molecular weight is 581 g/mol. The Kier molecular flexibility index (Phi) is 13.2. The Morgan fingerprint density at radius 3 is 1.63 bits per heavy atom. The van der Waals surface area contributed by atoms with Crippen LogP contribution in [0.15, 0.2) is 30.3 Å². The number of carbonyl (C=O) groups is 4. The van der Waals surface area contributed by atoms with Gasteiger partial charge in [0.2, 0.25) is 0 Å². The molecular formula is C29H48N4O8. The molecule has 4 amide bonds. The van der Waals surface area contributed by atoms with Crippen molar-refractivity contribution in [1.29, 1.82) is 0 Å². The summed E-state index contributed by atoms with van der Waals surface area (Å²) in [5.41, 5.74) is 3.74. The molecule has 0 radical (unpaired) electrons. The topological polar surface area (TPSA) is 159 Å². The van der Waals surface area contributed by atoms with Gasteiger partial charge in [-0.15, -0.1) is 0 Å². The summed E-state index contributed by atoms with van der Waals surface area (Å²) in [4.78, 5) is 51.7. The van der Waals surface area contributed by atoms with Gasteiger partial charge in [-0.3, -0.25) is 4.90 Å². The van der Waals surface area contributed by atoms with Gasteiger partial charge in [-0.2, -0.15) is 0 Å². The second-order valence-corrected chi connectivity index (χ2v) is 12.6. The molecule has 12 heteroatoms. The number of rotatable bonds is 11. The third-order valence-corrected chi connectivity index (χ3v) is 5.16. The standard InChI is InChI=1S/C29H48N4O8/c1-27(2,3)39-24(35)31-18-22(19-32-25(36)40-28(4,5)6)33(26(37)41-29(7,8)9)21(15-16-38-23(30)34)17-20-13-11-10-12-14-20/h10-14,21-22H,15-19H2,1-9H3,(H2,30,34)(H,31,35)(H,32,36). The molecule has 41 heavy (non-hydrogen) atoms. The second-order valence-electron chi connectivity index (χ2n) is 12.6. The summed E-state index contributed by atoms with van der Waals surface area (Å²) in [6.07, 6.45) is -2.45. The van der Waals surface area contributed by atoms with Crippen LogP contribution in [0.3, 0.4) is 0 Å². The zero-order valence-corrected chi connectivity index (χ0v) is 25.9. The van der Waals surface area contributed by atoms with E-state index in [9.17, 15) is 19.2 Å². The van der Waals surface area contributed by atoms with E-state index in [1.54, 1.807) is 62.3 Å². The van der Waals surface area contributed by atoms with Crippen LogP contribution in [0.5, 0.6) is 0 Å². The summed E-state index contributed by atoms with van der Waals surface area (Å²) >= 11 is 0. The number of ether oxygens (including phenoxy) is 4. The first-order chi connectivity index (χ1) is 18.8. The molecule has 12 nitrogen and oxygen atoms in total. The highest BCUT2D eigenvalue weighted by atomic mass is 16.6. The van der Waals surface area contributed by atoms with Gasteiger partial charge in [0, 0.05) is 25.6 Å². The van der Waals surface area contributed by atoms with Gasteiger partial charge < -0.3 is 35.3 Å². The Morgan fingerprint density at radius 1 is 0.756 bits per heavy atom. The first-order valence-corrected chi connectivity index (χ1v) is 13.7. The summed E-state index contributed by atoms with van der Waals surface area (Å²) < 4.78 is 21.5. The van der Waals surface area contributed by atoms with E-state index in [0.717, 1.165) is 5.56 Å². The predicted octanol–water partition coefficient (Wildman–Crippen LogP) is 4.74. The van der Waals surface area contributed by atoms with Crippen molar-refractivity contribution >= 4 is 24.4 Å². The monoisotopic (exact) mass is 580 g/mol. The van der Waals surface area contributed by atoms with Crippen molar-refractivity contribution in [1.82, 2.24) is 15.5 Å². The van der Waals surface area contributed by atoms with Crippen LogP contribution in [0.25, 0.3) is 0 Å². The van der Waals surface area contributed by atoms with E-state index >= 15 is 0 Å². The molecule has 0 saturated heterocycles. The molecule has 0 aromatic heterocycles. The van der Waals surface area contributed by atoms with Crippen molar-refractivity contribution in [3.8, 4) is 0 Å². The first kappa shape index (κ1) is 35.3. The van der Waals surface area contributed by atoms with E-state index in [0.29, 0.717) is 6.42 Å². The maximum atomic E-state index is 13.8. The molecule has 0 aliphatic heterocycles. The van der Waals surface area contributed by atoms with Crippen LogP contribution in [0.2, 0.25) is 0 Å². The lowest BCUT2D eigenvalue weighted by molar-refractivity contribution is -0.000701. The van der Waals surface area contributed by atoms with E-state index in [1.807, 2.05) is 30.3 Å². The van der Waals surface area contributed by atoms with Gasteiger partial charge in [0.1, 0.15) is 16.8 Å². The fraction of sp³-hybridized carbons (Fsp3) is 0.655. The molecule has 4 N–H and O–H groups in total. The number of benzene rings is 1. The number of amides is 4. The number of nitrogens with two attached hydrogens (primary N) is 1. The fourth-order valence-electron chi connectivity index (χ4n) is 3.73. The quantitative estimate of drug-likeness (QED) is 0.317. The Labute approximate surface area is 243 Å². The zero-order valence-electron chi connectivity index (χ0n) is 25.9. The Balaban J connectivity index is 3.47. The van der Waals surface area contributed by atoms with Crippen LogP contribution >= 0.6 is 0 Å². The summed E-state index contributed by atoms with van der Waals surface area (Å²) in [5, 5.41) is 5.39. The Hall–Kier alpha value is -3.70. The number of alkyl carbamates (subject to hydrolysis) is 2. The van der Waals surface area contributed by atoms with E-state index in [4.69, 9.17) is 24.7 Å². The maximum absolute atomic E-state index is 13.8. The SMILES string of the molecule is CC(C)(C)OC(=O)NCC(CNC(=O)OC(C)(C)C)N(C(=O)OC(C)(C)C)C(CCOC(N)=O)Cc1ccccc1. The van der Waals surface area contributed by atoms with Crippen molar-refractivity contribution in [3.05, 3.63) is 35.9 Å². The number of primary amides is 1. The van der Waals surface area contributed by atoms with Gasteiger partial charge in [0.25, 0.3) is 0 Å². The highest BCUT2D eigenvalue weighted by molar-refractivity contribution is 5.71. The van der Waals surface area contributed by atoms with Crippen molar-refractivity contribution in [3.63, 3.8) is 0 Å². The lowest BCUT2D eigenvalue weighted by atomic mass is 10.00. The summed E-state index contributed by atoms with van der Waals surface area (Å²) in [6.45, 7) is 15.3. The molecule has 1 aromatic rings. The number of hydrogen-bond donors (Lipinski definition) is 3. The van der Waals surface area contributed by atoms with E-state index in [2.05, 4.69) is 10.6 Å². The maximum Gasteiger partial charge on any atom is 0.410 e. The molecule has 1 aromatic carbocycles. The number of carbonyl (C=O) groups excluding carboxylic acids is 4. The molecule has 232 valence electrons. The van der Waals surface area contributed by atoms with E-state index < -0.39 is 53.3 Å². The largest absolute Gasteiger partial charge is 0.450 e.